The van der Waals surface area contributed by atoms with Gasteiger partial charge in [-0.05, 0) is 73.0 Å². The van der Waals surface area contributed by atoms with Gasteiger partial charge in [-0.3, -0.25) is 4.98 Å². The zero-order chi connectivity index (χ0) is 29.8. The molecule has 0 amide bonds. The van der Waals surface area contributed by atoms with Gasteiger partial charge in [-0.2, -0.15) is 0 Å². The summed E-state index contributed by atoms with van der Waals surface area (Å²) in [5, 5.41) is 3.61. The fourth-order valence-electron chi connectivity index (χ4n) is 7.81. The van der Waals surface area contributed by atoms with Crippen molar-refractivity contribution in [1.82, 2.24) is 4.98 Å². The summed E-state index contributed by atoms with van der Waals surface area (Å²) in [7, 11) is 0. The Labute approximate surface area is 263 Å². The van der Waals surface area contributed by atoms with Gasteiger partial charge in [0.2, 0.25) is 0 Å². The Bertz CT molecular complexity index is 2260. The van der Waals surface area contributed by atoms with Crippen molar-refractivity contribution in [3.8, 4) is 33.4 Å². The summed E-state index contributed by atoms with van der Waals surface area (Å²) in [6.07, 6.45) is 1.92. The molecule has 0 atom stereocenters. The zero-order valence-electron chi connectivity index (χ0n) is 24.7. The molecule has 1 heterocycles. The molecule has 210 valence electrons. The molecular weight excluding hydrogens is 542 g/mol. The number of pyridine rings is 1. The largest absolute Gasteiger partial charge is 0.256 e. The molecule has 0 N–H and O–H groups in total. The van der Waals surface area contributed by atoms with E-state index in [4.69, 9.17) is 4.98 Å². The lowest BCUT2D eigenvalue weighted by Crippen LogP contribution is -2.28. The Hall–Kier alpha value is -5.79. The maximum Gasteiger partial charge on any atom is 0.0792 e. The van der Waals surface area contributed by atoms with Crippen LogP contribution in [-0.2, 0) is 5.41 Å². The number of aromatic nitrogens is 1. The van der Waals surface area contributed by atoms with Gasteiger partial charge in [0.25, 0.3) is 0 Å². The predicted molar refractivity (Wildman–Crippen MR) is 187 cm³/mol. The van der Waals surface area contributed by atoms with E-state index in [1.807, 2.05) is 6.20 Å². The Morgan fingerprint density at radius 2 is 0.933 bits per heavy atom. The fraction of sp³-hybridized carbons (Fsp3) is 0.0227. The van der Waals surface area contributed by atoms with Gasteiger partial charge < -0.3 is 0 Å². The van der Waals surface area contributed by atoms with E-state index in [2.05, 4.69) is 170 Å². The number of fused-ring (bicyclic) bond motifs is 5. The van der Waals surface area contributed by atoms with Crippen molar-refractivity contribution in [3.05, 3.63) is 198 Å². The number of benzene rings is 7. The third-order valence-corrected chi connectivity index (χ3v) is 9.59. The van der Waals surface area contributed by atoms with E-state index < -0.39 is 5.41 Å². The van der Waals surface area contributed by atoms with Gasteiger partial charge in [0.15, 0.2) is 0 Å². The van der Waals surface area contributed by atoms with Crippen LogP contribution in [0.15, 0.2) is 176 Å². The second-order valence-electron chi connectivity index (χ2n) is 11.8. The lowest BCUT2D eigenvalue weighted by Gasteiger charge is -2.34. The maximum atomic E-state index is 5.02. The second kappa shape index (κ2) is 10.1. The van der Waals surface area contributed by atoms with Crippen molar-refractivity contribution in [2.45, 2.75) is 5.41 Å². The van der Waals surface area contributed by atoms with Crippen LogP contribution in [0.3, 0.4) is 0 Å². The van der Waals surface area contributed by atoms with Crippen LogP contribution in [0.1, 0.15) is 22.3 Å². The number of nitrogens with zero attached hydrogens (tertiary/aromatic N) is 1. The summed E-state index contributed by atoms with van der Waals surface area (Å²) >= 11 is 0. The molecule has 1 aliphatic rings. The van der Waals surface area contributed by atoms with Gasteiger partial charge in [-0.1, -0.05) is 158 Å². The highest BCUT2D eigenvalue weighted by molar-refractivity contribution is 6.20. The molecule has 0 spiro atoms. The topological polar surface area (TPSA) is 12.9 Å². The van der Waals surface area contributed by atoms with Crippen LogP contribution in [0.5, 0.6) is 0 Å². The molecule has 0 fully saturated rings. The van der Waals surface area contributed by atoms with Crippen LogP contribution in [0.4, 0.5) is 0 Å². The first-order valence-electron chi connectivity index (χ1n) is 15.6. The van der Waals surface area contributed by atoms with Crippen LogP contribution < -0.4 is 0 Å². The molecule has 1 aromatic heterocycles. The van der Waals surface area contributed by atoms with E-state index in [0.29, 0.717) is 0 Å². The minimum atomic E-state index is -0.446. The molecule has 0 saturated carbocycles. The summed E-state index contributed by atoms with van der Waals surface area (Å²) in [6.45, 7) is 0. The summed E-state index contributed by atoms with van der Waals surface area (Å²) in [6, 6.07) is 61.9. The van der Waals surface area contributed by atoms with Crippen LogP contribution in [-0.4, -0.2) is 4.98 Å². The molecule has 1 aliphatic carbocycles. The standard InChI is InChI=1S/C44H29N/c1-4-15-30(16-5-1)42-37-23-11-10-22-36(37)41(38-24-14-28-45-43(38)42)31-26-27-35-34-21-12-13-25-39(34)44(40(35)29-31,32-17-6-2-7-18-32)33-19-8-3-9-20-33/h1-29H. The highest BCUT2D eigenvalue weighted by atomic mass is 14.7. The lowest BCUT2D eigenvalue weighted by molar-refractivity contribution is 0.769. The highest BCUT2D eigenvalue weighted by Gasteiger charge is 2.46. The van der Waals surface area contributed by atoms with Crippen molar-refractivity contribution >= 4 is 21.7 Å². The van der Waals surface area contributed by atoms with E-state index in [1.165, 1.54) is 66.4 Å². The van der Waals surface area contributed by atoms with E-state index in [9.17, 15) is 0 Å². The Balaban J connectivity index is 1.41. The minimum Gasteiger partial charge on any atom is -0.256 e. The molecule has 7 aromatic carbocycles. The first-order valence-corrected chi connectivity index (χ1v) is 15.6. The Kier molecular flexibility index (Phi) is 5.79. The monoisotopic (exact) mass is 571 g/mol. The van der Waals surface area contributed by atoms with Crippen LogP contribution in [0, 0.1) is 0 Å². The molecule has 1 nitrogen and oxygen atoms in total. The Morgan fingerprint density at radius 1 is 0.378 bits per heavy atom. The quantitative estimate of drug-likeness (QED) is 0.192. The smallest absolute Gasteiger partial charge is 0.0792 e. The Morgan fingerprint density at radius 3 is 1.64 bits per heavy atom. The van der Waals surface area contributed by atoms with Crippen molar-refractivity contribution in [3.63, 3.8) is 0 Å². The minimum absolute atomic E-state index is 0.446. The summed E-state index contributed by atoms with van der Waals surface area (Å²) in [4.78, 5) is 5.02. The molecule has 1 heteroatoms. The lowest BCUT2D eigenvalue weighted by atomic mass is 9.67. The molecule has 0 aliphatic heterocycles. The van der Waals surface area contributed by atoms with Crippen molar-refractivity contribution in [1.29, 1.82) is 0 Å². The van der Waals surface area contributed by atoms with E-state index >= 15 is 0 Å². The molecule has 9 rings (SSSR count). The highest BCUT2D eigenvalue weighted by Crippen LogP contribution is 2.57. The molecule has 0 saturated heterocycles. The predicted octanol–water partition coefficient (Wildman–Crippen LogP) is 11.1. The van der Waals surface area contributed by atoms with Crippen LogP contribution in [0.25, 0.3) is 55.1 Å². The van der Waals surface area contributed by atoms with E-state index in [0.717, 1.165) is 10.9 Å². The summed E-state index contributed by atoms with van der Waals surface area (Å²) in [5.41, 5.74) is 13.1. The van der Waals surface area contributed by atoms with Gasteiger partial charge in [-0.15, -0.1) is 0 Å². The second-order valence-corrected chi connectivity index (χ2v) is 11.8. The van der Waals surface area contributed by atoms with Crippen LogP contribution >= 0.6 is 0 Å². The molecule has 0 radical (unpaired) electrons. The molecular formula is C44H29N. The molecule has 45 heavy (non-hydrogen) atoms. The summed E-state index contributed by atoms with van der Waals surface area (Å²) in [5.74, 6) is 0. The van der Waals surface area contributed by atoms with Crippen molar-refractivity contribution < 1.29 is 0 Å². The van der Waals surface area contributed by atoms with Crippen molar-refractivity contribution in [2.75, 3.05) is 0 Å². The number of hydrogen-bond acceptors (Lipinski definition) is 1. The van der Waals surface area contributed by atoms with Gasteiger partial charge in [0.1, 0.15) is 0 Å². The maximum absolute atomic E-state index is 5.02. The van der Waals surface area contributed by atoms with Gasteiger partial charge in [-0.25, -0.2) is 0 Å². The molecule has 0 bridgehead atoms. The van der Waals surface area contributed by atoms with E-state index in [-0.39, 0.29) is 0 Å². The van der Waals surface area contributed by atoms with Crippen LogP contribution in [0.2, 0.25) is 0 Å². The number of rotatable bonds is 4. The van der Waals surface area contributed by atoms with Gasteiger partial charge in [0, 0.05) is 17.1 Å². The molecule has 0 unspecified atom stereocenters. The average molecular weight is 572 g/mol. The SMILES string of the molecule is c1ccc(-c2c3ccccc3c(-c3ccc4c(c3)C(c3ccccc3)(c3ccccc3)c3ccccc3-4)c3cccnc23)cc1. The first-order chi connectivity index (χ1) is 22.4. The average Bonchev–Trinajstić information content (AvgIpc) is 3.42. The number of hydrogen-bond donors (Lipinski definition) is 0. The summed E-state index contributed by atoms with van der Waals surface area (Å²) < 4.78 is 0. The third-order valence-electron chi connectivity index (χ3n) is 9.59. The molecule has 8 aromatic rings. The van der Waals surface area contributed by atoms with Crippen molar-refractivity contribution in [2.24, 2.45) is 0 Å². The third kappa shape index (κ3) is 3.71. The van der Waals surface area contributed by atoms with E-state index in [1.54, 1.807) is 0 Å². The van der Waals surface area contributed by atoms with Gasteiger partial charge in [0.05, 0.1) is 10.9 Å². The zero-order valence-corrected chi connectivity index (χ0v) is 24.7. The van der Waals surface area contributed by atoms with Gasteiger partial charge >= 0.3 is 0 Å². The first kappa shape index (κ1) is 25.7. The fourth-order valence-corrected chi connectivity index (χ4v) is 7.81. The normalized spacial score (nSPS) is 13.1.